The highest BCUT2D eigenvalue weighted by atomic mass is 16.5. The summed E-state index contributed by atoms with van der Waals surface area (Å²) in [4.78, 5) is 37.3. The molecule has 0 radical (unpaired) electrons. The second-order valence-electron chi connectivity index (χ2n) is 5.55. The van der Waals surface area contributed by atoms with Gasteiger partial charge in [0.15, 0.2) is 0 Å². The van der Waals surface area contributed by atoms with Crippen molar-refractivity contribution in [1.29, 1.82) is 0 Å². The number of ether oxygens (including phenoxy) is 2. The summed E-state index contributed by atoms with van der Waals surface area (Å²) in [5.74, 6) is -0.660. The van der Waals surface area contributed by atoms with E-state index in [-0.39, 0.29) is 25.0 Å². The highest BCUT2D eigenvalue weighted by molar-refractivity contribution is 6.21. The summed E-state index contributed by atoms with van der Waals surface area (Å²) in [6, 6.07) is 13.9. The minimum absolute atomic E-state index is 0.0145. The first-order chi connectivity index (χ1) is 12.6. The average molecular weight is 351 g/mol. The zero-order valence-electron chi connectivity index (χ0n) is 14.2. The van der Waals surface area contributed by atoms with Crippen LogP contribution in [0.1, 0.15) is 26.3 Å². The maximum absolute atomic E-state index is 12.2. The summed E-state index contributed by atoms with van der Waals surface area (Å²) in [5, 5.41) is 0. The summed E-state index contributed by atoms with van der Waals surface area (Å²) in [6.07, 6.45) is 2.86. The van der Waals surface area contributed by atoms with E-state index in [0.29, 0.717) is 16.9 Å². The Morgan fingerprint density at radius 2 is 1.62 bits per heavy atom. The summed E-state index contributed by atoms with van der Waals surface area (Å²) >= 11 is 0. The summed E-state index contributed by atoms with van der Waals surface area (Å²) < 4.78 is 10.3. The van der Waals surface area contributed by atoms with E-state index in [1.54, 1.807) is 49.6 Å². The molecule has 0 fully saturated rings. The molecule has 0 spiro atoms. The van der Waals surface area contributed by atoms with Crippen molar-refractivity contribution >= 4 is 23.9 Å². The number of fused-ring (bicyclic) bond motifs is 1. The maximum atomic E-state index is 12.2. The number of methoxy groups -OCH3 is 1. The minimum Gasteiger partial charge on any atom is -0.496 e. The Labute approximate surface area is 150 Å². The van der Waals surface area contributed by atoms with Gasteiger partial charge in [0.05, 0.1) is 24.8 Å². The normalized spacial score (nSPS) is 13.2. The van der Waals surface area contributed by atoms with Crippen LogP contribution in [-0.2, 0) is 9.53 Å². The molecule has 6 nitrogen and oxygen atoms in total. The van der Waals surface area contributed by atoms with Crippen LogP contribution in [0, 0.1) is 0 Å². The SMILES string of the molecule is COc1ccccc1/C=C/C(=O)OCCN1C(=O)c2ccccc2C1=O. The van der Waals surface area contributed by atoms with Crippen molar-refractivity contribution in [2.24, 2.45) is 0 Å². The van der Waals surface area contributed by atoms with E-state index in [4.69, 9.17) is 9.47 Å². The first-order valence-corrected chi connectivity index (χ1v) is 8.05. The van der Waals surface area contributed by atoms with Gasteiger partial charge >= 0.3 is 5.97 Å². The highest BCUT2D eigenvalue weighted by Crippen LogP contribution is 2.22. The molecule has 0 saturated heterocycles. The Morgan fingerprint density at radius 3 is 2.27 bits per heavy atom. The van der Waals surface area contributed by atoms with Gasteiger partial charge in [0.25, 0.3) is 11.8 Å². The van der Waals surface area contributed by atoms with Crippen molar-refractivity contribution in [1.82, 2.24) is 4.90 Å². The van der Waals surface area contributed by atoms with Crippen LogP contribution in [0.3, 0.4) is 0 Å². The molecule has 1 aliphatic heterocycles. The van der Waals surface area contributed by atoms with Gasteiger partial charge in [0.1, 0.15) is 12.4 Å². The molecule has 0 aliphatic carbocycles. The third-order valence-electron chi connectivity index (χ3n) is 3.98. The van der Waals surface area contributed by atoms with Gasteiger partial charge in [-0.2, -0.15) is 0 Å². The van der Waals surface area contributed by atoms with Crippen molar-refractivity contribution in [3.8, 4) is 5.75 Å². The summed E-state index contributed by atoms with van der Waals surface area (Å²) in [6.45, 7) is -0.0544. The number of amides is 2. The number of rotatable bonds is 6. The molecule has 2 aromatic carbocycles. The van der Waals surface area contributed by atoms with Crippen molar-refractivity contribution < 1.29 is 23.9 Å². The van der Waals surface area contributed by atoms with Crippen LogP contribution >= 0.6 is 0 Å². The van der Waals surface area contributed by atoms with E-state index in [1.165, 1.54) is 6.08 Å². The van der Waals surface area contributed by atoms with Gasteiger partial charge in [0.2, 0.25) is 0 Å². The Hall–Kier alpha value is -3.41. The number of hydrogen-bond acceptors (Lipinski definition) is 5. The van der Waals surface area contributed by atoms with Gasteiger partial charge in [-0.05, 0) is 24.3 Å². The molecule has 0 atom stereocenters. The maximum Gasteiger partial charge on any atom is 0.330 e. The van der Waals surface area contributed by atoms with Gasteiger partial charge in [-0.3, -0.25) is 14.5 Å². The van der Waals surface area contributed by atoms with E-state index in [1.807, 2.05) is 12.1 Å². The lowest BCUT2D eigenvalue weighted by Crippen LogP contribution is -2.33. The monoisotopic (exact) mass is 351 g/mol. The standard InChI is InChI=1S/C20H17NO5/c1-25-17-9-5-2-6-14(17)10-11-18(22)26-13-12-21-19(23)15-7-3-4-8-16(15)20(21)24/h2-11H,12-13H2,1H3/b11-10+. The lowest BCUT2D eigenvalue weighted by molar-refractivity contribution is -0.137. The molecule has 0 bridgehead atoms. The van der Waals surface area contributed by atoms with Crippen molar-refractivity contribution in [2.45, 2.75) is 0 Å². The number of hydrogen-bond donors (Lipinski definition) is 0. The van der Waals surface area contributed by atoms with Crippen LogP contribution in [0.25, 0.3) is 6.08 Å². The fourth-order valence-electron chi connectivity index (χ4n) is 2.69. The highest BCUT2D eigenvalue weighted by Gasteiger charge is 2.34. The number of para-hydroxylation sites is 1. The predicted octanol–water partition coefficient (Wildman–Crippen LogP) is 2.55. The number of carbonyl (C=O) groups excluding carboxylic acids is 3. The van der Waals surface area contributed by atoms with E-state index < -0.39 is 5.97 Å². The molecule has 6 heteroatoms. The van der Waals surface area contributed by atoms with E-state index in [0.717, 1.165) is 10.5 Å². The summed E-state index contributed by atoms with van der Waals surface area (Å²) in [7, 11) is 1.55. The second-order valence-corrected chi connectivity index (χ2v) is 5.55. The number of esters is 1. The van der Waals surface area contributed by atoms with Crippen LogP contribution < -0.4 is 4.74 Å². The molecule has 132 valence electrons. The van der Waals surface area contributed by atoms with Crippen LogP contribution in [0.5, 0.6) is 5.75 Å². The van der Waals surface area contributed by atoms with E-state index in [2.05, 4.69) is 0 Å². The smallest absolute Gasteiger partial charge is 0.330 e. The molecule has 1 aliphatic rings. The zero-order valence-corrected chi connectivity index (χ0v) is 14.2. The van der Waals surface area contributed by atoms with Crippen LogP contribution in [0.15, 0.2) is 54.6 Å². The van der Waals surface area contributed by atoms with Gasteiger partial charge in [-0.25, -0.2) is 4.79 Å². The molecule has 2 aromatic rings. The second kappa shape index (κ2) is 7.65. The molecule has 0 unspecified atom stereocenters. The lowest BCUT2D eigenvalue weighted by atomic mass is 10.1. The zero-order chi connectivity index (χ0) is 18.5. The number of nitrogens with zero attached hydrogens (tertiary/aromatic N) is 1. The number of benzene rings is 2. The third kappa shape index (κ3) is 3.49. The third-order valence-corrected chi connectivity index (χ3v) is 3.98. The van der Waals surface area contributed by atoms with Crippen molar-refractivity contribution in [3.05, 3.63) is 71.3 Å². The van der Waals surface area contributed by atoms with Gasteiger partial charge < -0.3 is 9.47 Å². The van der Waals surface area contributed by atoms with Gasteiger partial charge in [0, 0.05) is 11.6 Å². The fraction of sp³-hybridized carbons (Fsp3) is 0.150. The molecule has 3 rings (SSSR count). The molecule has 0 N–H and O–H groups in total. The first-order valence-electron chi connectivity index (χ1n) is 8.05. The molecule has 0 saturated carbocycles. The molecule has 2 amide bonds. The average Bonchev–Trinajstić information content (AvgIpc) is 2.91. The van der Waals surface area contributed by atoms with Crippen molar-refractivity contribution in [2.75, 3.05) is 20.3 Å². The lowest BCUT2D eigenvalue weighted by Gasteiger charge is -2.13. The van der Waals surface area contributed by atoms with Gasteiger partial charge in [-0.15, -0.1) is 0 Å². The Kier molecular flexibility index (Phi) is 5.12. The number of carbonyl (C=O) groups is 3. The fourth-order valence-corrected chi connectivity index (χ4v) is 2.69. The molecule has 0 aromatic heterocycles. The first kappa shape index (κ1) is 17.4. The molecule has 26 heavy (non-hydrogen) atoms. The van der Waals surface area contributed by atoms with Gasteiger partial charge in [-0.1, -0.05) is 30.3 Å². The van der Waals surface area contributed by atoms with E-state index in [9.17, 15) is 14.4 Å². The Bertz CT molecular complexity index is 852. The van der Waals surface area contributed by atoms with Crippen LogP contribution in [0.2, 0.25) is 0 Å². The molecular weight excluding hydrogens is 334 g/mol. The topological polar surface area (TPSA) is 72.9 Å². The quantitative estimate of drug-likeness (QED) is 0.454. The predicted molar refractivity (Wildman–Crippen MR) is 94.8 cm³/mol. The summed E-state index contributed by atoms with van der Waals surface area (Å²) in [5.41, 5.74) is 1.49. The minimum atomic E-state index is -0.562. The van der Waals surface area contributed by atoms with E-state index >= 15 is 0 Å². The Morgan fingerprint density at radius 1 is 1.00 bits per heavy atom. The largest absolute Gasteiger partial charge is 0.496 e. The molecule has 1 heterocycles. The van der Waals surface area contributed by atoms with Crippen molar-refractivity contribution in [3.63, 3.8) is 0 Å². The Balaban J connectivity index is 1.54. The van der Waals surface area contributed by atoms with Crippen LogP contribution in [-0.4, -0.2) is 42.9 Å². The van der Waals surface area contributed by atoms with Crippen LogP contribution in [0.4, 0.5) is 0 Å². The number of imide groups is 1. The molecular formula is C20H17NO5.